The number of amides is 2. The minimum Gasteiger partial charge on any atom is -0.480 e. The summed E-state index contributed by atoms with van der Waals surface area (Å²) in [6.45, 7) is 0. The van der Waals surface area contributed by atoms with Crippen molar-refractivity contribution >= 4 is 43.0 Å². The highest BCUT2D eigenvalue weighted by atomic mass is 32.1. The number of hydrogen-bond acceptors (Lipinski definition) is 7. The van der Waals surface area contributed by atoms with Gasteiger partial charge in [-0.1, -0.05) is 0 Å². The Kier molecular flexibility index (Phi) is 7.92. The molecule has 128 valence electrons. The van der Waals surface area contributed by atoms with E-state index >= 15 is 0 Å². The van der Waals surface area contributed by atoms with Crippen LogP contribution in [0.1, 0.15) is 5.69 Å². The second-order valence-corrected chi connectivity index (χ2v) is 5.44. The largest absolute Gasteiger partial charge is 0.480 e. The lowest BCUT2D eigenvalue weighted by atomic mass is 10.1. The summed E-state index contributed by atoms with van der Waals surface area (Å²) in [7, 11) is 0. The van der Waals surface area contributed by atoms with E-state index < -0.39 is 35.9 Å². The maximum Gasteiger partial charge on any atom is 0.327 e. The number of nitrogens with one attached hydrogen (secondary N) is 3. The highest BCUT2D eigenvalue weighted by Crippen LogP contribution is 2.01. The van der Waals surface area contributed by atoms with Gasteiger partial charge < -0.3 is 26.5 Å². The van der Waals surface area contributed by atoms with E-state index in [0.29, 0.717) is 5.69 Å². The van der Waals surface area contributed by atoms with Crippen molar-refractivity contribution in [3.8, 4) is 0 Å². The van der Waals surface area contributed by atoms with E-state index in [1.165, 1.54) is 12.5 Å². The summed E-state index contributed by atoms with van der Waals surface area (Å²) in [6, 6.07) is -3.04. The lowest BCUT2D eigenvalue weighted by Crippen LogP contribution is -2.55. The standard InChI is InChI=1S/C12H19N5O4S2/c13-7(3-22)10(18)16-8(1-6-2-14-5-15-6)11(19)17-9(4-23)12(20)21/h2,5,7-9,22-23H,1,3-4,13H2,(H,14,15)(H,16,18)(H,17,19)(H,20,21)/t7-,8-,9-/m0/s1. The Labute approximate surface area is 143 Å². The van der Waals surface area contributed by atoms with Gasteiger partial charge in [-0.15, -0.1) is 0 Å². The van der Waals surface area contributed by atoms with Crippen molar-refractivity contribution in [3.05, 3.63) is 18.2 Å². The number of carboxylic acid groups (broad SMARTS) is 1. The van der Waals surface area contributed by atoms with Gasteiger partial charge in [-0.25, -0.2) is 9.78 Å². The average molecular weight is 361 g/mol. The van der Waals surface area contributed by atoms with Gasteiger partial charge in [0.15, 0.2) is 0 Å². The number of H-pyrrole nitrogens is 1. The minimum atomic E-state index is -1.22. The number of carbonyl (C=O) groups excluding carboxylic acids is 2. The van der Waals surface area contributed by atoms with Gasteiger partial charge in [-0.05, 0) is 0 Å². The average Bonchev–Trinajstić information content (AvgIpc) is 3.03. The third-order valence-corrected chi connectivity index (χ3v) is 3.70. The van der Waals surface area contributed by atoms with Crippen LogP contribution in [-0.4, -0.2) is 62.5 Å². The Morgan fingerprint density at radius 1 is 1.22 bits per heavy atom. The summed E-state index contributed by atoms with van der Waals surface area (Å²) >= 11 is 7.80. The highest BCUT2D eigenvalue weighted by Gasteiger charge is 2.27. The Balaban J connectivity index is 2.82. The SMILES string of the molecule is N[C@@H](CS)C(=O)N[C@@H](Cc1cnc[nH]1)C(=O)N[C@@H](CS)C(=O)O. The van der Waals surface area contributed by atoms with Crippen LogP contribution in [0, 0.1) is 0 Å². The van der Waals surface area contributed by atoms with E-state index in [2.05, 4.69) is 45.9 Å². The smallest absolute Gasteiger partial charge is 0.327 e. The number of nitrogens with two attached hydrogens (primary N) is 1. The number of aromatic nitrogens is 2. The fourth-order valence-electron chi connectivity index (χ4n) is 1.64. The van der Waals surface area contributed by atoms with Crippen molar-refractivity contribution in [1.29, 1.82) is 0 Å². The van der Waals surface area contributed by atoms with Crippen molar-refractivity contribution < 1.29 is 19.5 Å². The monoisotopic (exact) mass is 361 g/mol. The molecular weight excluding hydrogens is 342 g/mol. The maximum absolute atomic E-state index is 12.3. The fourth-order valence-corrected chi connectivity index (χ4v) is 2.06. The van der Waals surface area contributed by atoms with Crippen LogP contribution in [0.4, 0.5) is 0 Å². The number of aliphatic carboxylic acids is 1. The van der Waals surface area contributed by atoms with Gasteiger partial charge in [-0.3, -0.25) is 9.59 Å². The van der Waals surface area contributed by atoms with Gasteiger partial charge in [-0.2, -0.15) is 25.3 Å². The zero-order valence-electron chi connectivity index (χ0n) is 12.1. The Morgan fingerprint density at radius 3 is 2.35 bits per heavy atom. The first-order valence-electron chi connectivity index (χ1n) is 6.67. The molecule has 0 spiro atoms. The number of nitrogens with zero attached hydrogens (tertiary/aromatic N) is 1. The van der Waals surface area contributed by atoms with Gasteiger partial charge in [0.2, 0.25) is 11.8 Å². The number of aromatic amines is 1. The van der Waals surface area contributed by atoms with Gasteiger partial charge in [0, 0.05) is 29.8 Å². The molecule has 0 radical (unpaired) electrons. The second-order valence-electron chi connectivity index (χ2n) is 4.71. The van der Waals surface area contributed by atoms with E-state index in [4.69, 9.17) is 10.8 Å². The molecule has 0 unspecified atom stereocenters. The predicted octanol–water partition coefficient (Wildman–Crippen LogP) is -1.81. The quantitative estimate of drug-likeness (QED) is 0.258. The van der Waals surface area contributed by atoms with Gasteiger partial charge >= 0.3 is 5.97 Å². The van der Waals surface area contributed by atoms with Crippen molar-refractivity contribution in [2.24, 2.45) is 5.73 Å². The lowest BCUT2D eigenvalue weighted by Gasteiger charge is -2.21. The predicted molar refractivity (Wildman–Crippen MR) is 89.5 cm³/mol. The highest BCUT2D eigenvalue weighted by molar-refractivity contribution is 7.80. The first kappa shape index (κ1) is 19.3. The molecule has 0 fully saturated rings. The second kappa shape index (κ2) is 9.43. The first-order valence-corrected chi connectivity index (χ1v) is 7.93. The zero-order chi connectivity index (χ0) is 17.4. The normalized spacial score (nSPS) is 14.6. The summed E-state index contributed by atoms with van der Waals surface area (Å²) < 4.78 is 0. The summed E-state index contributed by atoms with van der Waals surface area (Å²) in [5, 5.41) is 13.8. The third kappa shape index (κ3) is 6.12. The zero-order valence-corrected chi connectivity index (χ0v) is 13.9. The molecule has 23 heavy (non-hydrogen) atoms. The summed E-state index contributed by atoms with van der Waals surface area (Å²) in [5.41, 5.74) is 6.17. The molecule has 1 rings (SSSR count). The molecule has 0 aliphatic rings. The molecule has 0 aromatic carbocycles. The Morgan fingerprint density at radius 2 is 1.87 bits per heavy atom. The molecule has 0 saturated heterocycles. The van der Waals surface area contributed by atoms with Crippen molar-refractivity contribution in [2.45, 2.75) is 24.5 Å². The van der Waals surface area contributed by atoms with Crippen molar-refractivity contribution in [2.75, 3.05) is 11.5 Å². The molecule has 0 bridgehead atoms. The molecule has 3 atom stereocenters. The van der Waals surface area contributed by atoms with Gasteiger partial charge in [0.1, 0.15) is 12.1 Å². The van der Waals surface area contributed by atoms with Crippen LogP contribution >= 0.6 is 25.3 Å². The van der Waals surface area contributed by atoms with E-state index in [1.54, 1.807) is 0 Å². The molecule has 1 heterocycles. The van der Waals surface area contributed by atoms with Crippen molar-refractivity contribution in [1.82, 2.24) is 20.6 Å². The van der Waals surface area contributed by atoms with Gasteiger partial charge in [0.05, 0.1) is 12.4 Å². The topological polar surface area (TPSA) is 150 Å². The number of carbonyl (C=O) groups is 3. The third-order valence-electron chi connectivity index (χ3n) is 2.94. The molecule has 6 N–H and O–H groups in total. The molecule has 0 aliphatic carbocycles. The van der Waals surface area contributed by atoms with Crippen LogP contribution < -0.4 is 16.4 Å². The molecule has 1 aromatic rings. The maximum atomic E-state index is 12.3. The molecular formula is C12H19N5O4S2. The molecule has 11 heteroatoms. The Hall–Kier alpha value is -1.72. The number of rotatable bonds is 9. The summed E-state index contributed by atoms with van der Waals surface area (Å²) in [4.78, 5) is 41.8. The summed E-state index contributed by atoms with van der Waals surface area (Å²) in [5.74, 6) is -2.40. The van der Waals surface area contributed by atoms with Crippen molar-refractivity contribution in [3.63, 3.8) is 0 Å². The van der Waals surface area contributed by atoms with Crippen LogP contribution in [0.15, 0.2) is 12.5 Å². The van der Waals surface area contributed by atoms with Crippen LogP contribution in [0.2, 0.25) is 0 Å². The molecule has 0 saturated carbocycles. The van der Waals surface area contributed by atoms with Gasteiger partial charge in [0.25, 0.3) is 0 Å². The number of thiol groups is 2. The summed E-state index contributed by atoms with van der Waals surface area (Å²) in [6.07, 6.45) is 3.04. The van der Waals surface area contributed by atoms with Crippen LogP contribution in [0.3, 0.4) is 0 Å². The first-order chi connectivity index (χ1) is 10.9. The molecule has 0 aliphatic heterocycles. The number of hydrogen-bond donors (Lipinski definition) is 7. The molecule has 2 amide bonds. The molecule has 1 aromatic heterocycles. The number of carboxylic acids is 1. The fraction of sp³-hybridized carbons (Fsp3) is 0.500. The van der Waals surface area contributed by atoms with Crippen LogP contribution in [0.5, 0.6) is 0 Å². The number of imidazole rings is 1. The van der Waals surface area contributed by atoms with Crippen LogP contribution in [-0.2, 0) is 20.8 Å². The van der Waals surface area contributed by atoms with Crippen LogP contribution in [0.25, 0.3) is 0 Å². The van der Waals surface area contributed by atoms with E-state index in [0.717, 1.165) is 0 Å². The molecule has 9 nitrogen and oxygen atoms in total. The van der Waals surface area contributed by atoms with E-state index in [-0.39, 0.29) is 17.9 Å². The Bertz CT molecular complexity index is 540. The lowest BCUT2D eigenvalue weighted by molar-refractivity contribution is -0.141. The van der Waals surface area contributed by atoms with E-state index in [9.17, 15) is 14.4 Å². The van der Waals surface area contributed by atoms with E-state index in [1.807, 2.05) is 0 Å². The minimum absolute atomic E-state index is 0.0814.